The van der Waals surface area contributed by atoms with Gasteiger partial charge >= 0.3 is 0 Å². The number of pyridine rings is 2. The van der Waals surface area contributed by atoms with Crippen LogP contribution in [-0.2, 0) is 11.3 Å². The Bertz CT molecular complexity index is 1720. The van der Waals surface area contributed by atoms with Crippen molar-refractivity contribution in [3.05, 3.63) is 75.3 Å². The summed E-state index contributed by atoms with van der Waals surface area (Å²) < 4.78 is 40.0. The molecular formula is C34H37F2N5O5. The molecule has 0 radical (unpaired) electrons. The number of hydrogen-bond acceptors (Lipinski definition) is 7. The van der Waals surface area contributed by atoms with E-state index in [1.165, 1.54) is 7.11 Å². The van der Waals surface area contributed by atoms with Crippen molar-refractivity contribution in [2.24, 2.45) is 0 Å². The maximum atomic E-state index is 13.7. The summed E-state index contributed by atoms with van der Waals surface area (Å²) in [6.45, 7) is 0.669. The number of ether oxygens (including phenoxy) is 2. The number of hydrogen-bond donors (Lipinski definition) is 2. The monoisotopic (exact) mass is 633 g/mol. The Kier molecular flexibility index (Phi) is 8.10. The third kappa shape index (κ3) is 6.54. The van der Waals surface area contributed by atoms with Crippen molar-refractivity contribution in [3.63, 3.8) is 0 Å². The van der Waals surface area contributed by atoms with Crippen LogP contribution in [0.4, 0.5) is 14.6 Å². The molecule has 2 N–H and O–H groups in total. The second-order valence-electron chi connectivity index (χ2n) is 12.8. The molecule has 4 heterocycles. The number of nitrogens with zero attached hydrogens (tertiary/aromatic N) is 3. The van der Waals surface area contributed by atoms with Gasteiger partial charge in [-0.2, -0.15) is 0 Å². The lowest BCUT2D eigenvalue weighted by Gasteiger charge is -2.39. The van der Waals surface area contributed by atoms with Crippen molar-refractivity contribution in [1.82, 2.24) is 19.8 Å². The van der Waals surface area contributed by atoms with E-state index < -0.39 is 30.8 Å². The third-order valence-electron chi connectivity index (χ3n) is 8.99. The van der Waals surface area contributed by atoms with Gasteiger partial charge in [0.25, 0.3) is 23.3 Å². The Hall–Kier alpha value is -4.16. The third-order valence-corrected chi connectivity index (χ3v) is 8.99. The number of benzene rings is 1. The van der Waals surface area contributed by atoms with Crippen LogP contribution in [0.2, 0.25) is 0 Å². The van der Waals surface area contributed by atoms with Gasteiger partial charge < -0.3 is 29.6 Å². The van der Waals surface area contributed by atoms with Crippen LogP contribution in [0.1, 0.15) is 82.5 Å². The number of anilines is 1. The average Bonchev–Trinajstić information content (AvgIpc) is 3.98. The standard InChI is InChI=1S/C34H37F2N5O5/c1-45-24-8-9-26(27(14-24)32(43)40-18-34(35,36)19-40)22-12-29(21-4-5-21)38-30(13-22)39-31(42)28-11-20(15-37-16-25-3-2-10-46-25)17-41(33(28)44)23-6-7-23/h8-9,11-14,17,21,23,25,37H,2-7,10,15-16,18-19H2,1H3,(H,38,39,42)/t25-/m0/s1. The van der Waals surface area contributed by atoms with Crippen LogP contribution in [0, 0.1) is 0 Å². The van der Waals surface area contributed by atoms with E-state index in [4.69, 9.17) is 14.5 Å². The summed E-state index contributed by atoms with van der Waals surface area (Å²) in [5.74, 6) is -3.14. The zero-order chi connectivity index (χ0) is 32.0. The van der Waals surface area contributed by atoms with Crippen molar-refractivity contribution in [1.29, 1.82) is 0 Å². The number of rotatable bonds is 11. The normalized spacial score (nSPS) is 20.3. The van der Waals surface area contributed by atoms with Crippen LogP contribution >= 0.6 is 0 Å². The maximum absolute atomic E-state index is 13.7. The lowest BCUT2D eigenvalue weighted by Crippen LogP contribution is -2.58. The minimum Gasteiger partial charge on any atom is -0.497 e. The van der Waals surface area contributed by atoms with Crippen molar-refractivity contribution in [2.75, 3.05) is 38.7 Å². The first-order valence-corrected chi connectivity index (χ1v) is 15.9. The Morgan fingerprint density at radius 2 is 1.87 bits per heavy atom. The number of carbonyl (C=O) groups is 2. The molecule has 2 saturated carbocycles. The molecule has 1 aromatic carbocycles. The summed E-state index contributed by atoms with van der Waals surface area (Å²) in [5, 5.41) is 6.25. The molecule has 2 saturated heterocycles. The fraction of sp³-hybridized carbons (Fsp3) is 0.471. The van der Waals surface area contributed by atoms with E-state index in [2.05, 4.69) is 10.6 Å². The molecule has 3 aromatic rings. The summed E-state index contributed by atoms with van der Waals surface area (Å²) >= 11 is 0. The van der Waals surface area contributed by atoms with Gasteiger partial charge in [-0.3, -0.25) is 14.4 Å². The zero-order valence-corrected chi connectivity index (χ0v) is 25.7. The molecular weight excluding hydrogens is 596 g/mol. The van der Waals surface area contributed by atoms with E-state index in [-0.39, 0.29) is 40.6 Å². The van der Waals surface area contributed by atoms with Gasteiger partial charge in [-0.15, -0.1) is 0 Å². The molecule has 10 nitrogen and oxygen atoms in total. The van der Waals surface area contributed by atoms with E-state index in [1.54, 1.807) is 34.9 Å². The van der Waals surface area contributed by atoms with Crippen LogP contribution in [-0.4, -0.2) is 71.6 Å². The predicted octanol–water partition coefficient (Wildman–Crippen LogP) is 4.74. The Balaban J connectivity index is 1.18. The minimum absolute atomic E-state index is 0.0301. The van der Waals surface area contributed by atoms with Crippen molar-refractivity contribution in [3.8, 4) is 16.9 Å². The van der Waals surface area contributed by atoms with Crippen LogP contribution in [0.15, 0.2) is 47.4 Å². The first-order valence-electron chi connectivity index (χ1n) is 15.9. The Labute approximate surface area is 265 Å². The molecule has 0 bridgehead atoms. The number of amides is 2. The van der Waals surface area contributed by atoms with Gasteiger partial charge in [0.1, 0.15) is 17.1 Å². The molecule has 4 fully saturated rings. The van der Waals surface area contributed by atoms with Crippen molar-refractivity contribution in [2.45, 2.75) is 69.1 Å². The largest absolute Gasteiger partial charge is 0.497 e. The van der Waals surface area contributed by atoms with Gasteiger partial charge in [0.2, 0.25) is 0 Å². The molecule has 2 aromatic heterocycles. The Morgan fingerprint density at radius 1 is 1.07 bits per heavy atom. The molecule has 0 spiro atoms. The SMILES string of the molecule is COc1ccc(-c2cc(NC(=O)c3cc(CNC[C@@H]4CCCO4)cn(C4CC4)c3=O)nc(C3CC3)c2)c(C(=O)N2CC(F)(F)C2)c1. The molecule has 4 aliphatic rings. The highest BCUT2D eigenvalue weighted by atomic mass is 19.3. The molecule has 242 valence electrons. The molecule has 2 aliphatic heterocycles. The minimum atomic E-state index is -2.90. The first-order chi connectivity index (χ1) is 22.2. The van der Waals surface area contributed by atoms with E-state index in [9.17, 15) is 23.2 Å². The van der Waals surface area contributed by atoms with Gasteiger partial charge in [0, 0.05) is 43.5 Å². The van der Waals surface area contributed by atoms with E-state index in [0.29, 0.717) is 30.0 Å². The average molecular weight is 634 g/mol. The van der Waals surface area contributed by atoms with Crippen LogP contribution in [0.25, 0.3) is 11.1 Å². The molecule has 2 amide bonds. The fourth-order valence-corrected chi connectivity index (χ4v) is 6.18. The van der Waals surface area contributed by atoms with E-state index >= 15 is 0 Å². The lowest BCUT2D eigenvalue weighted by atomic mass is 9.96. The number of nitrogens with one attached hydrogen (secondary N) is 2. The molecule has 12 heteroatoms. The topological polar surface area (TPSA) is 115 Å². The second kappa shape index (κ2) is 12.2. The highest BCUT2D eigenvalue weighted by molar-refractivity contribution is 6.05. The zero-order valence-electron chi connectivity index (χ0n) is 25.7. The van der Waals surface area contributed by atoms with Crippen LogP contribution < -0.4 is 20.9 Å². The number of methoxy groups -OCH3 is 1. The lowest BCUT2D eigenvalue weighted by molar-refractivity contribution is -0.113. The number of halogens is 2. The second-order valence-corrected chi connectivity index (χ2v) is 12.8. The van der Waals surface area contributed by atoms with Gasteiger partial charge in [0.15, 0.2) is 0 Å². The molecule has 0 unspecified atom stereocenters. The Morgan fingerprint density at radius 3 is 2.54 bits per heavy atom. The summed E-state index contributed by atoms with van der Waals surface area (Å²) in [4.78, 5) is 46.3. The van der Waals surface area contributed by atoms with Crippen LogP contribution in [0.3, 0.4) is 0 Å². The first kappa shape index (κ1) is 30.5. The quantitative estimate of drug-likeness (QED) is 0.314. The smallest absolute Gasteiger partial charge is 0.282 e. The summed E-state index contributed by atoms with van der Waals surface area (Å²) in [5.41, 5.74) is 2.59. The van der Waals surface area contributed by atoms with Gasteiger partial charge in [0.05, 0.1) is 31.9 Å². The van der Waals surface area contributed by atoms with E-state index in [0.717, 1.165) is 61.3 Å². The maximum Gasteiger partial charge on any atom is 0.282 e. The molecule has 7 rings (SSSR count). The van der Waals surface area contributed by atoms with Gasteiger partial charge in [-0.05, 0) is 91.6 Å². The number of likely N-dealkylation sites (tertiary alicyclic amines) is 1. The number of carbonyl (C=O) groups excluding carboxylic acids is 2. The van der Waals surface area contributed by atoms with Gasteiger partial charge in [-0.1, -0.05) is 0 Å². The highest BCUT2D eigenvalue weighted by Crippen LogP contribution is 2.42. The van der Waals surface area contributed by atoms with Crippen molar-refractivity contribution < 1.29 is 27.8 Å². The van der Waals surface area contributed by atoms with Crippen molar-refractivity contribution >= 4 is 17.6 Å². The summed E-state index contributed by atoms with van der Waals surface area (Å²) in [6, 6.07) is 10.2. The number of alkyl halides is 2. The summed E-state index contributed by atoms with van der Waals surface area (Å²) in [7, 11) is 1.47. The highest BCUT2D eigenvalue weighted by Gasteiger charge is 2.46. The number of aromatic nitrogens is 2. The molecule has 1 atom stereocenters. The molecule has 2 aliphatic carbocycles. The predicted molar refractivity (Wildman–Crippen MR) is 167 cm³/mol. The fourth-order valence-electron chi connectivity index (χ4n) is 6.18. The molecule has 46 heavy (non-hydrogen) atoms. The summed E-state index contributed by atoms with van der Waals surface area (Å²) in [6.07, 6.45) is 7.72. The van der Waals surface area contributed by atoms with E-state index in [1.807, 2.05) is 12.3 Å². The van der Waals surface area contributed by atoms with Crippen LogP contribution in [0.5, 0.6) is 5.75 Å². The van der Waals surface area contributed by atoms with Gasteiger partial charge in [-0.25, -0.2) is 13.8 Å².